The molecule has 0 aliphatic heterocycles. The van der Waals surface area contributed by atoms with E-state index < -0.39 is 0 Å². The lowest BCUT2D eigenvalue weighted by atomic mass is 9.54. The highest BCUT2D eigenvalue weighted by molar-refractivity contribution is 5.05. The molecule has 4 saturated carbocycles. The van der Waals surface area contributed by atoms with Crippen LogP contribution in [0.3, 0.4) is 0 Å². The second-order valence-electron chi connectivity index (χ2n) is 6.58. The topological polar surface area (TPSA) is 37.8 Å². The maximum absolute atomic E-state index is 4.09. The summed E-state index contributed by atoms with van der Waals surface area (Å²) < 4.78 is 0. The van der Waals surface area contributed by atoms with Gasteiger partial charge in [-0.3, -0.25) is 0 Å². The van der Waals surface area contributed by atoms with E-state index in [2.05, 4.69) is 15.3 Å². The van der Waals surface area contributed by atoms with E-state index in [1.807, 2.05) is 12.4 Å². The van der Waals surface area contributed by atoms with Gasteiger partial charge in [0.1, 0.15) is 6.33 Å². The van der Waals surface area contributed by atoms with Crippen molar-refractivity contribution in [3.63, 3.8) is 0 Å². The van der Waals surface area contributed by atoms with Crippen LogP contribution in [-0.2, 0) is 6.54 Å². The summed E-state index contributed by atoms with van der Waals surface area (Å²) in [5, 5.41) is 3.80. The molecule has 0 aromatic carbocycles. The van der Waals surface area contributed by atoms with Gasteiger partial charge in [0.2, 0.25) is 0 Å². The van der Waals surface area contributed by atoms with E-state index in [4.69, 9.17) is 0 Å². The first-order valence-electron chi connectivity index (χ1n) is 7.36. The van der Waals surface area contributed by atoms with Crippen molar-refractivity contribution >= 4 is 0 Å². The van der Waals surface area contributed by atoms with Gasteiger partial charge < -0.3 is 5.32 Å². The minimum absolute atomic E-state index is 0.762. The summed E-state index contributed by atoms with van der Waals surface area (Å²) in [5.41, 5.74) is 1.21. The molecule has 0 saturated heterocycles. The number of nitrogens with one attached hydrogen (secondary N) is 1. The number of aromatic nitrogens is 2. The van der Waals surface area contributed by atoms with Gasteiger partial charge in [-0.05, 0) is 55.8 Å². The van der Waals surface area contributed by atoms with Crippen LogP contribution in [0.4, 0.5) is 0 Å². The van der Waals surface area contributed by atoms with Gasteiger partial charge in [-0.2, -0.15) is 0 Å². The maximum Gasteiger partial charge on any atom is 0.115 e. The quantitative estimate of drug-likeness (QED) is 0.885. The Morgan fingerprint density at radius 3 is 2.17 bits per heavy atom. The highest BCUT2D eigenvalue weighted by atomic mass is 14.9. The van der Waals surface area contributed by atoms with E-state index >= 15 is 0 Å². The Morgan fingerprint density at radius 1 is 0.944 bits per heavy atom. The largest absolute Gasteiger partial charge is 0.309 e. The molecule has 18 heavy (non-hydrogen) atoms. The Morgan fingerprint density at radius 2 is 1.56 bits per heavy atom. The lowest BCUT2D eigenvalue weighted by molar-refractivity contribution is -0.0142. The Bertz CT molecular complexity index is 389. The van der Waals surface area contributed by atoms with Gasteiger partial charge in [0, 0.05) is 30.5 Å². The molecule has 3 nitrogen and oxygen atoms in total. The Balaban J connectivity index is 1.43. The molecule has 0 unspecified atom stereocenters. The Kier molecular flexibility index (Phi) is 2.61. The fourth-order valence-corrected chi connectivity index (χ4v) is 4.92. The molecule has 0 amide bonds. The van der Waals surface area contributed by atoms with E-state index in [1.165, 1.54) is 37.7 Å². The van der Waals surface area contributed by atoms with Crippen LogP contribution >= 0.6 is 0 Å². The zero-order valence-corrected chi connectivity index (χ0v) is 10.8. The van der Waals surface area contributed by atoms with Crippen LogP contribution in [0.5, 0.6) is 0 Å². The third-order valence-corrected chi connectivity index (χ3v) is 5.38. The maximum atomic E-state index is 4.09. The zero-order chi connectivity index (χ0) is 11.9. The summed E-state index contributed by atoms with van der Waals surface area (Å²) in [6.45, 7) is 0.938. The van der Waals surface area contributed by atoms with Crippen molar-refractivity contribution < 1.29 is 0 Å². The number of rotatable bonds is 3. The first kappa shape index (κ1) is 10.9. The molecule has 1 N–H and O–H groups in total. The molecule has 1 aromatic rings. The SMILES string of the molecule is c1ncc(CNC2C3CC4CC(C3)CC2C4)cn1. The first-order valence-corrected chi connectivity index (χ1v) is 7.36. The molecule has 4 bridgehead atoms. The van der Waals surface area contributed by atoms with Crippen LogP contribution in [-0.4, -0.2) is 16.0 Å². The highest BCUT2D eigenvalue weighted by Crippen LogP contribution is 2.53. The number of hydrogen-bond donors (Lipinski definition) is 1. The third kappa shape index (κ3) is 1.85. The lowest BCUT2D eigenvalue weighted by Gasteiger charge is -2.54. The van der Waals surface area contributed by atoms with Gasteiger partial charge in [-0.15, -0.1) is 0 Å². The van der Waals surface area contributed by atoms with Gasteiger partial charge in [-0.1, -0.05) is 0 Å². The predicted molar refractivity (Wildman–Crippen MR) is 69.7 cm³/mol. The lowest BCUT2D eigenvalue weighted by Crippen LogP contribution is -2.54. The highest BCUT2D eigenvalue weighted by Gasteiger charge is 2.47. The van der Waals surface area contributed by atoms with Crippen LogP contribution in [0.15, 0.2) is 18.7 Å². The summed E-state index contributed by atoms with van der Waals surface area (Å²) in [5.74, 6) is 4.02. The van der Waals surface area contributed by atoms with Crippen LogP contribution < -0.4 is 5.32 Å². The Hall–Kier alpha value is -0.960. The smallest absolute Gasteiger partial charge is 0.115 e. The molecule has 3 heteroatoms. The van der Waals surface area contributed by atoms with Crippen LogP contribution in [0.1, 0.15) is 37.7 Å². The normalized spacial score (nSPS) is 41.2. The summed E-state index contributed by atoms with van der Waals surface area (Å²) in [4.78, 5) is 8.18. The van der Waals surface area contributed by atoms with Gasteiger partial charge in [0.25, 0.3) is 0 Å². The van der Waals surface area contributed by atoms with Crippen molar-refractivity contribution in [1.29, 1.82) is 0 Å². The zero-order valence-electron chi connectivity index (χ0n) is 10.8. The van der Waals surface area contributed by atoms with Crippen molar-refractivity contribution in [2.75, 3.05) is 0 Å². The minimum atomic E-state index is 0.762. The molecule has 0 spiro atoms. The molecule has 1 heterocycles. The molecule has 0 radical (unpaired) electrons. The fraction of sp³-hybridized carbons (Fsp3) is 0.733. The summed E-state index contributed by atoms with van der Waals surface area (Å²) >= 11 is 0. The molecule has 4 aliphatic carbocycles. The first-order chi connectivity index (χ1) is 8.88. The predicted octanol–water partition coefficient (Wildman–Crippen LogP) is 2.39. The third-order valence-electron chi connectivity index (χ3n) is 5.38. The van der Waals surface area contributed by atoms with Gasteiger partial charge in [0.15, 0.2) is 0 Å². The summed E-state index contributed by atoms with van der Waals surface area (Å²) in [6, 6.07) is 0.762. The van der Waals surface area contributed by atoms with Crippen LogP contribution in [0, 0.1) is 23.7 Å². The van der Waals surface area contributed by atoms with Crippen molar-refractivity contribution in [3.05, 3.63) is 24.3 Å². The molecule has 96 valence electrons. The summed E-state index contributed by atoms with van der Waals surface area (Å²) in [7, 11) is 0. The van der Waals surface area contributed by atoms with Gasteiger partial charge in [0.05, 0.1) is 0 Å². The van der Waals surface area contributed by atoms with Crippen molar-refractivity contribution in [2.45, 2.75) is 44.7 Å². The molecular weight excluding hydrogens is 222 g/mol. The molecule has 1 aromatic heterocycles. The molecular formula is C15H21N3. The van der Waals surface area contributed by atoms with E-state index in [9.17, 15) is 0 Å². The molecule has 4 fully saturated rings. The molecule has 5 rings (SSSR count). The molecule has 0 atom stereocenters. The van der Waals surface area contributed by atoms with Crippen molar-refractivity contribution in [3.8, 4) is 0 Å². The van der Waals surface area contributed by atoms with Crippen molar-refractivity contribution in [1.82, 2.24) is 15.3 Å². The van der Waals surface area contributed by atoms with Crippen LogP contribution in [0.2, 0.25) is 0 Å². The second-order valence-corrected chi connectivity index (χ2v) is 6.58. The Labute approximate surface area is 108 Å². The van der Waals surface area contributed by atoms with Crippen molar-refractivity contribution in [2.24, 2.45) is 23.7 Å². The average Bonchev–Trinajstić information content (AvgIpc) is 2.38. The fourth-order valence-electron chi connectivity index (χ4n) is 4.92. The molecule has 4 aliphatic rings. The van der Waals surface area contributed by atoms with Crippen LogP contribution in [0.25, 0.3) is 0 Å². The number of hydrogen-bond acceptors (Lipinski definition) is 3. The van der Waals surface area contributed by atoms with Gasteiger partial charge in [-0.25, -0.2) is 9.97 Å². The second kappa shape index (κ2) is 4.30. The van der Waals surface area contributed by atoms with E-state index in [-0.39, 0.29) is 0 Å². The number of nitrogens with zero attached hydrogens (tertiary/aromatic N) is 2. The van der Waals surface area contributed by atoms with E-state index in [0.29, 0.717) is 0 Å². The van der Waals surface area contributed by atoms with E-state index in [1.54, 1.807) is 6.33 Å². The monoisotopic (exact) mass is 243 g/mol. The minimum Gasteiger partial charge on any atom is -0.309 e. The summed E-state index contributed by atoms with van der Waals surface area (Å²) in [6.07, 6.45) is 12.9. The van der Waals surface area contributed by atoms with E-state index in [0.717, 1.165) is 36.3 Å². The standard InChI is InChI=1S/C15H21N3/c1-10-2-13-4-11(1)5-14(3-10)15(13)18-8-12-6-16-9-17-7-12/h6-7,9-11,13-15,18H,1-5,8H2. The average molecular weight is 243 g/mol. The van der Waals surface area contributed by atoms with Gasteiger partial charge >= 0.3 is 0 Å².